The first-order valence-corrected chi connectivity index (χ1v) is 6.86. The number of unbranched alkanes of at least 4 members (excludes halogenated alkanes) is 1. The van der Waals surface area contributed by atoms with E-state index in [4.69, 9.17) is 4.74 Å². The van der Waals surface area contributed by atoms with E-state index in [1.165, 1.54) is 6.33 Å². The van der Waals surface area contributed by atoms with Crippen molar-refractivity contribution in [2.75, 3.05) is 12.9 Å². The maximum atomic E-state index is 5.64. The highest BCUT2D eigenvalue weighted by atomic mass is 32.2. The first-order chi connectivity index (χ1) is 8.35. The Kier molecular flexibility index (Phi) is 4.14. The van der Waals surface area contributed by atoms with Crippen molar-refractivity contribution >= 4 is 22.8 Å². The first-order valence-electron chi connectivity index (χ1n) is 5.63. The molecule has 0 saturated heterocycles. The minimum atomic E-state index is 0.583. The van der Waals surface area contributed by atoms with Gasteiger partial charge in [-0.15, -0.1) is 11.8 Å². The number of pyridine rings is 1. The van der Waals surface area contributed by atoms with Crippen molar-refractivity contribution < 1.29 is 4.74 Å². The van der Waals surface area contributed by atoms with Gasteiger partial charge in [0.05, 0.1) is 17.1 Å². The molecule has 2 aromatic rings. The molecule has 0 aliphatic heterocycles. The van der Waals surface area contributed by atoms with Crippen LogP contribution in [0.15, 0.2) is 23.5 Å². The van der Waals surface area contributed by atoms with Crippen molar-refractivity contribution in [3.63, 3.8) is 0 Å². The topological polar surface area (TPSA) is 47.9 Å². The SMILES string of the molecule is CCCCOc1ncnc2ccc(SC)nc12. The van der Waals surface area contributed by atoms with Crippen molar-refractivity contribution in [2.45, 2.75) is 24.8 Å². The third-order valence-electron chi connectivity index (χ3n) is 2.37. The van der Waals surface area contributed by atoms with Gasteiger partial charge >= 0.3 is 0 Å². The first kappa shape index (κ1) is 12.1. The van der Waals surface area contributed by atoms with Crippen LogP contribution < -0.4 is 4.74 Å². The van der Waals surface area contributed by atoms with Crippen LogP contribution in [-0.4, -0.2) is 27.8 Å². The molecule has 5 heteroatoms. The second-order valence-electron chi connectivity index (χ2n) is 3.60. The molecule has 90 valence electrons. The van der Waals surface area contributed by atoms with Crippen molar-refractivity contribution in [3.05, 3.63) is 18.5 Å². The van der Waals surface area contributed by atoms with Crippen molar-refractivity contribution in [3.8, 4) is 5.88 Å². The third kappa shape index (κ3) is 2.85. The van der Waals surface area contributed by atoms with Crippen LogP contribution in [0.3, 0.4) is 0 Å². The third-order valence-corrected chi connectivity index (χ3v) is 3.01. The molecule has 0 N–H and O–H groups in total. The van der Waals surface area contributed by atoms with Gasteiger partial charge in [-0.25, -0.2) is 9.97 Å². The minimum absolute atomic E-state index is 0.583. The van der Waals surface area contributed by atoms with E-state index in [9.17, 15) is 0 Å². The molecule has 0 aliphatic carbocycles. The largest absolute Gasteiger partial charge is 0.476 e. The highest BCUT2D eigenvalue weighted by Gasteiger charge is 2.07. The molecule has 0 bridgehead atoms. The summed E-state index contributed by atoms with van der Waals surface area (Å²) in [6, 6.07) is 3.90. The molecule has 0 fully saturated rings. The van der Waals surface area contributed by atoms with Crippen LogP contribution in [-0.2, 0) is 0 Å². The highest BCUT2D eigenvalue weighted by molar-refractivity contribution is 7.98. The molecule has 0 aliphatic rings. The van der Waals surface area contributed by atoms with E-state index in [-0.39, 0.29) is 0 Å². The molecular formula is C12H15N3OS. The van der Waals surface area contributed by atoms with Crippen LogP contribution in [0.5, 0.6) is 5.88 Å². The van der Waals surface area contributed by atoms with Crippen LogP contribution >= 0.6 is 11.8 Å². The quantitative estimate of drug-likeness (QED) is 0.602. The summed E-state index contributed by atoms with van der Waals surface area (Å²) < 4.78 is 5.64. The molecule has 0 atom stereocenters. The van der Waals surface area contributed by atoms with Crippen LogP contribution in [0.4, 0.5) is 0 Å². The van der Waals surface area contributed by atoms with Gasteiger partial charge in [-0.2, -0.15) is 4.98 Å². The summed E-state index contributed by atoms with van der Waals surface area (Å²) in [6.45, 7) is 2.80. The Morgan fingerprint density at radius 1 is 1.29 bits per heavy atom. The van der Waals surface area contributed by atoms with Crippen LogP contribution in [0.25, 0.3) is 11.0 Å². The summed E-state index contributed by atoms with van der Waals surface area (Å²) in [7, 11) is 0. The van der Waals surface area contributed by atoms with Gasteiger partial charge in [0.15, 0.2) is 5.52 Å². The van der Waals surface area contributed by atoms with E-state index in [2.05, 4.69) is 21.9 Å². The maximum absolute atomic E-state index is 5.64. The fourth-order valence-electron chi connectivity index (χ4n) is 1.43. The molecule has 0 unspecified atom stereocenters. The molecule has 0 aromatic carbocycles. The fraction of sp³-hybridized carbons (Fsp3) is 0.417. The van der Waals surface area contributed by atoms with E-state index in [1.54, 1.807) is 11.8 Å². The number of nitrogens with zero attached hydrogens (tertiary/aromatic N) is 3. The van der Waals surface area contributed by atoms with Gasteiger partial charge in [0.1, 0.15) is 6.33 Å². The average Bonchev–Trinajstić information content (AvgIpc) is 2.39. The molecule has 0 radical (unpaired) electrons. The lowest BCUT2D eigenvalue weighted by molar-refractivity contribution is 0.300. The van der Waals surface area contributed by atoms with Gasteiger partial charge in [-0.05, 0) is 24.8 Å². The molecule has 0 amide bonds. The van der Waals surface area contributed by atoms with Crippen molar-refractivity contribution in [1.29, 1.82) is 0 Å². The number of ether oxygens (including phenoxy) is 1. The van der Waals surface area contributed by atoms with Gasteiger partial charge in [0.25, 0.3) is 0 Å². The Hall–Kier alpha value is -1.36. The predicted octanol–water partition coefficient (Wildman–Crippen LogP) is 2.93. The van der Waals surface area contributed by atoms with Crippen LogP contribution in [0.2, 0.25) is 0 Å². The van der Waals surface area contributed by atoms with E-state index in [0.717, 1.165) is 28.9 Å². The monoisotopic (exact) mass is 249 g/mol. The molecule has 2 heterocycles. The lowest BCUT2D eigenvalue weighted by Gasteiger charge is -2.06. The predicted molar refractivity (Wildman–Crippen MR) is 69.5 cm³/mol. The Balaban J connectivity index is 2.33. The molecule has 2 aromatic heterocycles. The molecule has 0 saturated carbocycles. The molecular weight excluding hydrogens is 234 g/mol. The number of hydrogen-bond donors (Lipinski definition) is 0. The number of hydrogen-bond acceptors (Lipinski definition) is 5. The van der Waals surface area contributed by atoms with Gasteiger partial charge in [0.2, 0.25) is 5.88 Å². The zero-order valence-electron chi connectivity index (χ0n) is 10.0. The van der Waals surface area contributed by atoms with Gasteiger partial charge in [0, 0.05) is 0 Å². The van der Waals surface area contributed by atoms with Gasteiger partial charge in [-0.1, -0.05) is 13.3 Å². The maximum Gasteiger partial charge on any atom is 0.243 e. The zero-order valence-corrected chi connectivity index (χ0v) is 10.8. The fourth-order valence-corrected chi connectivity index (χ4v) is 1.82. The van der Waals surface area contributed by atoms with Crippen molar-refractivity contribution in [2.24, 2.45) is 0 Å². The van der Waals surface area contributed by atoms with E-state index in [0.29, 0.717) is 12.5 Å². The smallest absolute Gasteiger partial charge is 0.243 e. The molecule has 17 heavy (non-hydrogen) atoms. The molecule has 2 rings (SSSR count). The van der Waals surface area contributed by atoms with E-state index < -0.39 is 0 Å². The lowest BCUT2D eigenvalue weighted by Crippen LogP contribution is -2.01. The molecule has 4 nitrogen and oxygen atoms in total. The molecule has 0 spiro atoms. The Morgan fingerprint density at radius 3 is 2.94 bits per heavy atom. The standard InChI is InChI=1S/C12H15N3OS/c1-3-4-7-16-12-11-9(13-8-14-12)5-6-10(15-11)17-2/h5-6,8H,3-4,7H2,1-2H3. The summed E-state index contributed by atoms with van der Waals surface area (Å²) in [6.07, 6.45) is 5.64. The number of rotatable bonds is 5. The van der Waals surface area contributed by atoms with Gasteiger partial charge in [-0.3, -0.25) is 0 Å². The van der Waals surface area contributed by atoms with Gasteiger partial charge < -0.3 is 4.74 Å². The summed E-state index contributed by atoms with van der Waals surface area (Å²) in [5, 5.41) is 0.952. The second-order valence-corrected chi connectivity index (χ2v) is 4.43. The normalized spacial score (nSPS) is 10.7. The summed E-state index contributed by atoms with van der Waals surface area (Å²) in [5.41, 5.74) is 1.57. The Morgan fingerprint density at radius 2 is 2.18 bits per heavy atom. The highest BCUT2D eigenvalue weighted by Crippen LogP contribution is 2.22. The average molecular weight is 249 g/mol. The minimum Gasteiger partial charge on any atom is -0.476 e. The van der Waals surface area contributed by atoms with Crippen LogP contribution in [0, 0.1) is 0 Å². The van der Waals surface area contributed by atoms with Crippen LogP contribution in [0.1, 0.15) is 19.8 Å². The summed E-state index contributed by atoms with van der Waals surface area (Å²) in [4.78, 5) is 12.8. The second kappa shape index (κ2) is 5.82. The lowest BCUT2D eigenvalue weighted by atomic mass is 10.3. The van der Waals surface area contributed by atoms with Crippen molar-refractivity contribution in [1.82, 2.24) is 15.0 Å². The Labute approximate surface area is 105 Å². The summed E-state index contributed by atoms with van der Waals surface area (Å²) >= 11 is 1.60. The zero-order chi connectivity index (χ0) is 12.1. The van der Waals surface area contributed by atoms with E-state index >= 15 is 0 Å². The number of aromatic nitrogens is 3. The Bertz CT molecular complexity index is 504. The number of fused-ring (bicyclic) bond motifs is 1. The van der Waals surface area contributed by atoms with E-state index in [1.807, 2.05) is 18.4 Å². The number of thioether (sulfide) groups is 1. The summed E-state index contributed by atoms with van der Waals surface area (Å²) in [5.74, 6) is 0.583.